The van der Waals surface area contributed by atoms with Crippen molar-refractivity contribution in [2.45, 2.75) is 6.42 Å². The van der Waals surface area contributed by atoms with Crippen molar-refractivity contribution in [3.63, 3.8) is 0 Å². The molecule has 0 aromatic heterocycles. The number of alkyl halides is 1. The summed E-state index contributed by atoms with van der Waals surface area (Å²) in [4.78, 5) is 0. The Morgan fingerprint density at radius 3 is 2.46 bits per heavy atom. The van der Waals surface area contributed by atoms with Crippen molar-refractivity contribution in [2.24, 2.45) is 5.73 Å². The van der Waals surface area contributed by atoms with Crippen LogP contribution in [0.4, 0.5) is 4.39 Å². The molecule has 0 fully saturated rings. The molecule has 0 saturated heterocycles. The van der Waals surface area contributed by atoms with Crippen molar-refractivity contribution in [3.05, 3.63) is 29.8 Å². The second-order valence-electron chi connectivity index (χ2n) is 2.72. The molecular weight excluding hydrogens is 169 g/mol. The lowest BCUT2D eigenvalue weighted by atomic mass is 10.1. The lowest BCUT2D eigenvalue weighted by molar-refractivity contribution is 0.273. The highest BCUT2D eigenvalue weighted by Crippen LogP contribution is 2.11. The maximum Gasteiger partial charge on any atom is 0.123 e. The molecule has 3 heteroatoms. The molecule has 0 unspecified atom stereocenters. The monoisotopic (exact) mass is 183 g/mol. The van der Waals surface area contributed by atoms with Gasteiger partial charge < -0.3 is 10.5 Å². The van der Waals surface area contributed by atoms with Crippen LogP contribution < -0.4 is 10.5 Å². The van der Waals surface area contributed by atoms with Gasteiger partial charge in [-0.15, -0.1) is 0 Å². The third-order valence-corrected chi connectivity index (χ3v) is 1.70. The zero-order valence-corrected chi connectivity index (χ0v) is 7.50. The fourth-order valence-corrected chi connectivity index (χ4v) is 1.08. The van der Waals surface area contributed by atoms with Gasteiger partial charge in [-0.05, 0) is 30.7 Å². The van der Waals surface area contributed by atoms with Crippen LogP contribution in [-0.2, 0) is 6.42 Å². The molecule has 0 amide bonds. The molecule has 1 aromatic rings. The third kappa shape index (κ3) is 3.42. The van der Waals surface area contributed by atoms with E-state index in [1.54, 1.807) is 0 Å². The van der Waals surface area contributed by atoms with Crippen molar-refractivity contribution in [1.82, 2.24) is 0 Å². The molecule has 72 valence electrons. The molecule has 0 heterocycles. The predicted molar refractivity (Wildman–Crippen MR) is 50.7 cm³/mol. The number of benzene rings is 1. The van der Waals surface area contributed by atoms with E-state index in [9.17, 15) is 4.39 Å². The normalized spacial score (nSPS) is 10.0. The maximum atomic E-state index is 11.7. The van der Waals surface area contributed by atoms with Gasteiger partial charge in [0.15, 0.2) is 0 Å². The maximum absolute atomic E-state index is 11.7. The summed E-state index contributed by atoms with van der Waals surface area (Å²) in [6, 6.07) is 7.56. The van der Waals surface area contributed by atoms with Crippen molar-refractivity contribution in [1.29, 1.82) is 0 Å². The van der Waals surface area contributed by atoms with Gasteiger partial charge >= 0.3 is 0 Å². The fourth-order valence-electron chi connectivity index (χ4n) is 1.08. The quantitative estimate of drug-likeness (QED) is 0.751. The van der Waals surface area contributed by atoms with Crippen LogP contribution in [0.5, 0.6) is 5.75 Å². The van der Waals surface area contributed by atoms with Gasteiger partial charge in [-0.2, -0.15) is 0 Å². The van der Waals surface area contributed by atoms with Gasteiger partial charge in [0.1, 0.15) is 19.0 Å². The molecular formula is C10H14FNO. The molecule has 0 aliphatic heterocycles. The Bertz CT molecular complexity index is 235. The summed E-state index contributed by atoms with van der Waals surface area (Å²) in [6.07, 6.45) is 0.864. The summed E-state index contributed by atoms with van der Waals surface area (Å²) in [6.45, 7) is 0.311. The number of hydrogen-bond donors (Lipinski definition) is 1. The van der Waals surface area contributed by atoms with E-state index in [1.165, 1.54) is 5.56 Å². The van der Waals surface area contributed by atoms with E-state index >= 15 is 0 Å². The highest BCUT2D eigenvalue weighted by molar-refractivity contribution is 5.27. The average Bonchev–Trinajstić information content (AvgIpc) is 2.17. The zero-order valence-electron chi connectivity index (χ0n) is 7.50. The van der Waals surface area contributed by atoms with E-state index in [0.717, 1.165) is 6.42 Å². The second-order valence-corrected chi connectivity index (χ2v) is 2.72. The standard InChI is InChI=1S/C10H14FNO/c11-6-8-13-10-3-1-9(2-4-10)5-7-12/h1-4H,5-8,12H2. The second kappa shape index (κ2) is 5.54. The Kier molecular flexibility index (Phi) is 4.26. The highest BCUT2D eigenvalue weighted by Gasteiger charge is 1.94. The molecule has 0 aliphatic rings. The smallest absolute Gasteiger partial charge is 0.123 e. The van der Waals surface area contributed by atoms with Crippen LogP contribution in [0.15, 0.2) is 24.3 Å². The highest BCUT2D eigenvalue weighted by atomic mass is 19.1. The topological polar surface area (TPSA) is 35.2 Å². The average molecular weight is 183 g/mol. The first-order valence-electron chi connectivity index (χ1n) is 4.34. The van der Waals surface area contributed by atoms with Gasteiger partial charge in [0.05, 0.1) is 0 Å². The van der Waals surface area contributed by atoms with Gasteiger partial charge in [-0.25, -0.2) is 4.39 Å². The minimum atomic E-state index is -0.454. The van der Waals surface area contributed by atoms with E-state index in [2.05, 4.69) is 0 Å². The van der Waals surface area contributed by atoms with Crippen LogP contribution in [0.1, 0.15) is 5.56 Å². The van der Waals surface area contributed by atoms with Gasteiger partial charge in [-0.3, -0.25) is 0 Å². The first-order valence-corrected chi connectivity index (χ1v) is 4.34. The molecule has 0 radical (unpaired) electrons. The Morgan fingerprint density at radius 2 is 1.92 bits per heavy atom. The van der Waals surface area contributed by atoms with Gasteiger partial charge in [0.25, 0.3) is 0 Å². The Balaban J connectivity index is 2.48. The molecule has 1 rings (SSSR count). The number of nitrogens with two attached hydrogens (primary N) is 1. The van der Waals surface area contributed by atoms with Gasteiger partial charge in [0, 0.05) is 0 Å². The van der Waals surface area contributed by atoms with Gasteiger partial charge in [0.2, 0.25) is 0 Å². The molecule has 2 N–H and O–H groups in total. The van der Waals surface area contributed by atoms with E-state index in [-0.39, 0.29) is 6.61 Å². The molecule has 0 bridgehead atoms. The van der Waals surface area contributed by atoms with E-state index in [0.29, 0.717) is 12.3 Å². The predicted octanol–water partition coefficient (Wildman–Crippen LogP) is 1.54. The third-order valence-electron chi connectivity index (χ3n) is 1.70. The summed E-state index contributed by atoms with van der Waals surface area (Å²) in [5.74, 6) is 0.707. The molecule has 2 nitrogen and oxygen atoms in total. The summed E-state index contributed by atoms with van der Waals surface area (Å²) in [5, 5.41) is 0. The zero-order chi connectivity index (χ0) is 9.52. The van der Waals surface area contributed by atoms with E-state index in [1.807, 2.05) is 24.3 Å². The SMILES string of the molecule is NCCc1ccc(OCCF)cc1. The number of rotatable bonds is 5. The summed E-state index contributed by atoms with van der Waals surface area (Å²) in [7, 11) is 0. The molecule has 1 aromatic carbocycles. The molecule has 0 spiro atoms. The van der Waals surface area contributed by atoms with Crippen LogP contribution in [0.3, 0.4) is 0 Å². The Hall–Kier alpha value is -1.09. The van der Waals surface area contributed by atoms with Crippen LogP contribution >= 0.6 is 0 Å². The Labute approximate surface area is 77.5 Å². The van der Waals surface area contributed by atoms with Crippen molar-refractivity contribution in [3.8, 4) is 5.75 Å². The van der Waals surface area contributed by atoms with Crippen molar-refractivity contribution >= 4 is 0 Å². The van der Waals surface area contributed by atoms with Gasteiger partial charge in [-0.1, -0.05) is 12.1 Å². The van der Waals surface area contributed by atoms with Crippen LogP contribution in [0.25, 0.3) is 0 Å². The molecule has 13 heavy (non-hydrogen) atoms. The largest absolute Gasteiger partial charge is 0.491 e. The number of ether oxygens (including phenoxy) is 1. The van der Waals surface area contributed by atoms with Crippen LogP contribution in [0.2, 0.25) is 0 Å². The van der Waals surface area contributed by atoms with E-state index < -0.39 is 6.67 Å². The summed E-state index contributed by atoms with van der Waals surface area (Å²) < 4.78 is 16.8. The minimum Gasteiger partial charge on any atom is -0.491 e. The summed E-state index contributed by atoms with van der Waals surface area (Å²) in [5.41, 5.74) is 6.57. The summed E-state index contributed by atoms with van der Waals surface area (Å²) >= 11 is 0. The number of hydrogen-bond acceptors (Lipinski definition) is 2. The number of halogens is 1. The molecule has 0 saturated carbocycles. The van der Waals surface area contributed by atoms with Crippen molar-refractivity contribution < 1.29 is 9.13 Å². The minimum absolute atomic E-state index is 0.121. The van der Waals surface area contributed by atoms with Crippen LogP contribution in [0, 0.1) is 0 Å². The first-order chi connectivity index (χ1) is 6.36. The molecule has 0 atom stereocenters. The van der Waals surface area contributed by atoms with Crippen molar-refractivity contribution in [2.75, 3.05) is 19.8 Å². The fraction of sp³-hybridized carbons (Fsp3) is 0.400. The lowest BCUT2D eigenvalue weighted by Gasteiger charge is -2.04. The lowest BCUT2D eigenvalue weighted by Crippen LogP contribution is -2.03. The first kappa shape index (κ1) is 9.99. The van der Waals surface area contributed by atoms with Crippen LogP contribution in [-0.4, -0.2) is 19.8 Å². The molecule has 0 aliphatic carbocycles. The van der Waals surface area contributed by atoms with E-state index in [4.69, 9.17) is 10.5 Å². The Morgan fingerprint density at radius 1 is 1.23 bits per heavy atom.